The maximum Gasteiger partial charge on any atom is 0.119 e. The minimum absolute atomic E-state index is 0.635. The Morgan fingerprint density at radius 1 is 0.700 bits per heavy atom. The number of alkyl halides is 1. The summed E-state index contributed by atoms with van der Waals surface area (Å²) in [6.45, 7) is 2.18. The van der Waals surface area contributed by atoms with Gasteiger partial charge in [-0.2, -0.15) is 0 Å². The molecule has 1 rings (SSSR count). The SMILES string of the molecule is BrCCCCCCCCCOCCOc1ccccc1. The molecule has 0 saturated heterocycles. The minimum Gasteiger partial charge on any atom is -0.491 e. The summed E-state index contributed by atoms with van der Waals surface area (Å²) in [6.07, 6.45) is 9.20. The largest absolute Gasteiger partial charge is 0.491 e. The van der Waals surface area contributed by atoms with Crippen molar-refractivity contribution < 1.29 is 9.47 Å². The van der Waals surface area contributed by atoms with Crippen LogP contribution >= 0.6 is 15.9 Å². The van der Waals surface area contributed by atoms with E-state index in [0.717, 1.165) is 17.7 Å². The molecule has 0 radical (unpaired) electrons. The highest BCUT2D eigenvalue weighted by Gasteiger charge is 1.94. The quantitative estimate of drug-likeness (QED) is 0.362. The second-order valence-corrected chi connectivity index (χ2v) is 5.73. The van der Waals surface area contributed by atoms with Crippen LogP contribution in [0.25, 0.3) is 0 Å². The minimum atomic E-state index is 0.635. The van der Waals surface area contributed by atoms with E-state index in [-0.39, 0.29) is 0 Å². The Balaban J connectivity index is 1.77. The number of ether oxygens (including phenoxy) is 2. The van der Waals surface area contributed by atoms with Gasteiger partial charge in [-0.15, -0.1) is 0 Å². The zero-order valence-electron chi connectivity index (χ0n) is 12.4. The van der Waals surface area contributed by atoms with E-state index in [9.17, 15) is 0 Å². The van der Waals surface area contributed by atoms with Crippen LogP contribution in [0, 0.1) is 0 Å². The Bertz CT molecular complexity index is 303. The molecule has 114 valence electrons. The van der Waals surface area contributed by atoms with Crippen LogP contribution in [0.4, 0.5) is 0 Å². The average Bonchev–Trinajstić information content (AvgIpc) is 2.49. The van der Waals surface area contributed by atoms with Gasteiger partial charge in [0.25, 0.3) is 0 Å². The molecule has 0 bridgehead atoms. The molecule has 1 aromatic rings. The molecule has 0 aromatic heterocycles. The molecule has 1 aromatic carbocycles. The molecule has 0 atom stereocenters. The molecule has 0 aliphatic carbocycles. The molecule has 0 spiro atoms. The smallest absolute Gasteiger partial charge is 0.119 e. The third kappa shape index (κ3) is 10.3. The third-order valence-corrected chi connectivity index (χ3v) is 3.72. The summed E-state index contributed by atoms with van der Waals surface area (Å²) in [5.41, 5.74) is 0. The first kappa shape index (κ1) is 17.5. The third-order valence-electron chi connectivity index (χ3n) is 3.16. The van der Waals surface area contributed by atoms with E-state index in [0.29, 0.717) is 13.2 Å². The second-order valence-electron chi connectivity index (χ2n) is 4.94. The van der Waals surface area contributed by atoms with Crippen LogP contribution in [-0.4, -0.2) is 25.2 Å². The van der Waals surface area contributed by atoms with Crippen LogP contribution < -0.4 is 4.74 Å². The lowest BCUT2D eigenvalue weighted by Crippen LogP contribution is -2.07. The molecule has 0 heterocycles. The van der Waals surface area contributed by atoms with Crippen molar-refractivity contribution >= 4 is 15.9 Å². The lowest BCUT2D eigenvalue weighted by atomic mass is 10.1. The van der Waals surface area contributed by atoms with Crippen molar-refractivity contribution in [2.45, 2.75) is 44.9 Å². The van der Waals surface area contributed by atoms with Gasteiger partial charge in [0.2, 0.25) is 0 Å². The van der Waals surface area contributed by atoms with Gasteiger partial charge < -0.3 is 9.47 Å². The van der Waals surface area contributed by atoms with E-state index in [4.69, 9.17) is 9.47 Å². The van der Waals surface area contributed by atoms with Crippen LogP contribution in [0.2, 0.25) is 0 Å². The maximum absolute atomic E-state index is 5.57. The second kappa shape index (κ2) is 13.4. The van der Waals surface area contributed by atoms with Gasteiger partial charge >= 0.3 is 0 Å². The molecular weight excluding hydrogens is 316 g/mol. The summed E-state index contributed by atoms with van der Waals surface area (Å²) in [4.78, 5) is 0. The van der Waals surface area contributed by atoms with Gasteiger partial charge in [0.15, 0.2) is 0 Å². The molecule has 3 heteroatoms. The Kier molecular flexibility index (Phi) is 11.8. The molecule has 0 amide bonds. The predicted molar refractivity (Wildman–Crippen MR) is 88.9 cm³/mol. The molecular formula is C17H27BrO2. The highest BCUT2D eigenvalue weighted by molar-refractivity contribution is 9.09. The van der Waals surface area contributed by atoms with Gasteiger partial charge in [0.05, 0.1) is 6.61 Å². The molecule has 0 unspecified atom stereocenters. The van der Waals surface area contributed by atoms with Gasteiger partial charge in [-0.05, 0) is 25.0 Å². The average molecular weight is 343 g/mol. The van der Waals surface area contributed by atoms with E-state index in [1.54, 1.807) is 0 Å². The Morgan fingerprint density at radius 2 is 1.35 bits per heavy atom. The predicted octanol–water partition coefficient (Wildman–Crippen LogP) is 5.21. The zero-order valence-corrected chi connectivity index (χ0v) is 13.9. The summed E-state index contributed by atoms with van der Waals surface area (Å²) < 4.78 is 11.1. The molecule has 20 heavy (non-hydrogen) atoms. The first-order chi connectivity index (χ1) is 9.93. The first-order valence-corrected chi connectivity index (χ1v) is 8.87. The number of rotatable bonds is 13. The summed E-state index contributed by atoms with van der Waals surface area (Å²) in [7, 11) is 0. The van der Waals surface area contributed by atoms with E-state index in [2.05, 4.69) is 15.9 Å². The number of benzene rings is 1. The summed E-state index contributed by atoms with van der Waals surface area (Å²) >= 11 is 3.46. The fourth-order valence-electron chi connectivity index (χ4n) is 2.02. The fraction of sp³-hybridized carbons (Fsp3) is 0.647. The number of hydrogen-bond donors (Lipinski definition) is 0. The van der Waals surface area contributed by atoms with Crippen molar-refractivity contribution in [3.8, 4) is 5.75 Å². The molecule has 0 N–H and O–H groups in total. The van der Waals surface area contributed by atoms with Crippen molar-refractivity contribution in [1.82, 2.24) is 0 Å². The van der Waals surface area contributed by atoms with Crippen LogP contribution in [0.1, 0.15) is 44.9 Å². The Labute approximate surface area is 132 Å². The summed E-state index contributed by atoms with van der Waals surface area (Å²) in [5, 5.41) is 1.14. The monoisotopic (exact) mass is 342 g/mol. The lowest BCUT2D eigenvalue weighted by Gasteiger charge is -2.07. The normalized spacial score (nSPS) is 10.7. The molecule has 2 nitrogen and oxygen atoms in total. The van der Waals surface area contributed by atoms with Crippen LogP contribution in [0.15, 0.2) is 30.3 Å². The number of para-hydroxylation sites is 1. The Morgan fingerprint density at radius 3 is 2.05 bits per heavy atom. The number of hydrogen-bond acceptors (Lipinski definition) is 2. The van der Waals surface area contributed by atoms with Gasteiger partial charge in [-0.3, -0.25) is 0 Å². The maximum atomic E-state index is 5.57. The van der Waals surface area contributed by atoms with Crippen molar-refractivity contribution in [3.63, 3.8) is 0 Å². The van der Waals surface area contributed by atoms with Gasteiger partial charge in [-0.1, -0.05) is 66.2 Å². The topological polar surface area (TPSA) is 18.5 Å². The van der Waals surface area contributed by atoms with E-state index in [1.807, 2.05) is 30.3 Å². The van der Waals surface area contributed by atoms with Gasteiger partial charge in [-0.25, -0.2) is 0 Å². The number of unbranched alkanes of at least 4 members (excludes halogenated alkanes) is 6. The molecule has 0 saturated carbocycles. The molecule has 0 aliphatic heterocycles. The zero-order chi connectivity index (χ0) is 14.3. The highest BCUT2D eigenvalue weighted by Crippen LogP contribution is 2.09. The van der Waals surface area contributed by atoms with Crippen LogP contribution in [0.5, 0.6) is 5.75 Å². The highest BCUT2D eigenvalue weighted by atomic mass is 79.9. The van der Waals surface area contributed by atoms with Crippen molar-refractivity contribution in [2.24, 2.45) is 0 Å². The van der Waals surface area contributed by atoms with Crippen molar-refractivity contribution in [1.29, 1.82) is 0 Å². The molecule has 0 aliphatic rings. The van der Waals surface area contributed by atoms with E-state index in [1.165, 1.54) is 44.9 Å². The first-order valence-electron chi connectivity index (χ1n) is 7.75. The van der Waals surface area contributed by atoms with Gasteiger partial charge in [0, 0.05) is 11.9 Å². The lowest BCUT2D eigenvalue weighted by molar-refractivity contribution is 0.0970. The van der Waals surface area contributed by atoms with Gasteiger partial charge in [0.1, 0.15) is 12.4 Å². The number of halogens is 1. The molecule has 0 fully saturated rings. The van der Waals surface area contributed by atoms with Crippen molar-refractivity contribution in [3.05, 3.63) is 30.3 Å². The summed E-state index contributed by atoms with van der Waals surface area (Å²) in [6, 6.07) is 9.89. The van der Waals surface area contributed by atoms with Crippen LogP contribution in [0.3, 0.4) is 0 Å². The summed E-state index contributed by atoms with van der Waals surface area (Å²) in [5.74, 6) is 0.916. The fourth-order valence-corrected chi connectivity index (χ4v) is 2.42. The standard InChI is InChI=1S/C17H27BrO2/c18-13-9-4-2-1-3-5-10-14-19-15-16-20-17-11-7-6-8-12-17/h6-8,11-12H,1-5,9-10,13-16H2. The van der Waals surface area contributed by atoms with E-state index < -0.39 is 0 Å². The Hall–Kier alpha value is -0.540. The van der Waals surface area contributed by atoms with Crippen LogP contribution in [-0.2, 0) is 4.74 Å². The van der Waals surface area contributed by atoms with Crippen molar-refractivity contribution in [2.75, 3.05) is 25.2 Å². The van der Waals surface area contributed by atoms with E-state index >= 15 is 0 Å².